The van der Waals surface area contributed by atoms with Gasteiger partial charge in [0.2, 0.25) is 0 Å². The topological polar surface area (TPSA) is 4.44 Å². The Morgan fingerprint density at radius 3 is 2.00 bits per heavy atom. The van der Waals surface area contributed by atoms with Crippen LogP contribution < -0.4 is 4.90 Å². The van der Waals surface area contributed by atoms with Crippen molar-refractivity contribution in [3.8, 4) is 0 Å². The Kier molecular flexibility index (Phi) is 3.78. The van der Waals surface area contributed by atoms with Crippen LogP contribution in [0, 0.1) is 0 Å². The molecule has 0 fully saturated rings. The Morgan fingerprint density at radius 1 is 1.27 bits per heavy atom. The van der Waals surface area contributed by atoms with Gasteiger partial charge in [-0.1, -0.05) is 0 Å². The first-order chi connectivity index (χ1) is 4.86. The molecule has 11 heavy (non-hydrogen) atoms. The molecule has 0 saturated carbocycles. The van der Waals surface area contributed by atoms with E-state index in [-0.39, 0.29) is 6.54 Å². The molecule has 0 radical (unpaired) electrons. The average molecular weight is 174 g/mol. The second-order valence-electron chi connectivity index (χ2n) is 2.77. The molecule has 0 aliphatic carbocycles. The molecular weight excluding hydrogens is 162 g/mol. The van der Waals surface area contributed by atoms with Crippen LogP contribution in [0.5, 0.6) is 0 Å². The maximum atomic E-state index is 12.1. The standard InChI is InChI=1S/C6H11F4N/c1-11(2)4-3-6(9,10)5(7)8/h5H,3-4H2,1-2H3/p+1. The summed E-state index contributed by atoms with van der Waals surface area (Å²) < 4.78 is 47.3. The van der Waals surface area contributed by atoms with Crippen molar-refractivity contribution in [1.82, 2.24) is 0 Å². The molecule has 0 bridgehead atoms. The van der Waals surface area contributed by atoms with E-state index in [9.17, 15) is 17.6 Å². The van der Waals surface area contributed by atoms with Crippen LogP contribution in [0.3, 0.4) is 0 Å². The molecule has 0 aliphatic heterocycles. The molecule has 0 aromatic rings. The van der Waals surface area contributed by atoms with E-state index in [1.165, 1.54) is 0 Å². The second kappa shape index (κ2) is 3.90. The fourth-order valence-electron chi connectivity index (χ4n) is 0.526. The normalized spacial score (nSPS) is 13.1. The molecule has 0 aromatic heterocycles. The van der Waals surface area contributed by atoms with Gasteiger partial charge in [0.1, 0.15) is 0 Å². The van der Waals surface area contributed by atoms with Crippen LogP contribution in [-0.2, 0) is 0 Å². The number of nitrogens with one attached hydrogen (secondary N) is 1. The fraction of sp³-hybridized carbons (Fsp3) is 1.00. The molecule has 0 atom stereocenters. The Bertz CT molecular complexity index is 113. The van der Waals surface area contributed by atoms with Crippen LogP contribution in [0.1, 0.15) is 6.42 Å². The van der Waals surface area contributed by atoms with Gasteiger partial charge in [0.25, 0.3) is 0 Å². The number of alkyl halides is 4. The molecule has 0 rings (SSSR count). The summed E-state index contributed by atoms with van der Waals surface area (Å²) >= 11 is 0. The average Bonchev–Trinajstić information content (AvgIpc) is 1.84. The van der Waals surface area contributed by atoms with E-state index in [0.717, 1.165) is 4.90 Å². The second-order valence-corrected chi connectivity index (χ2v) is 2.77. The van der Waals surface area contributed by atoms with Crippen LogP contribution in [-0.4, -0.2) is 33.0 Å². The lowest BCUT2D eigenvalue weighted by Crippen LogP contribution is -3.05. The lowest BCUT2D eigenvalue weighted by Gasteiger charge is -2.15. The van der Waals surface area contributed by atoms with Gasteiger partial charge in [0.15, 0.2) is 0 Å². The van der Waals surface area contributed by atoms with Crippen molar-refractivity contribution in [3.05, 3.63) is 0 Å². The fourth-order valence-corrected chi connectivity index (χ4v) is 0.526. The van der Waals surface area contributed by atoms with Crippen LogP contribution in [0.25, 0.3) is 0 Å². The Labute approximate surface area is 63.0 Å². The van der Waals surface area contributed by atoms with Crippen molar-refractivity contribution in [2.45, 2.75) is 18.8 Å². The zero-order chi connectivity index (χ0) is 9.07. The molecule has 68 valence electrons. The molecule has 0 aliphatic rings. The van der Waals surface area contributed by atoms with Crippen LogP contribution in [0.2, 0.25) is 0 Å². The lowest BCUT2D eigenvalue weighted by atomic mass is 10.2. The van der Waals surface area contributed by atoms with Crippen molar-refractivity contribution < 1.29 is 22.5 Å². The van der Waals surface area contributed by atoms with Crippen LogP contribution in [0.15, 0.2) is 0 Å². The minimum absolute atomic E-state index is 0.0529. The summed E-state index contributed by atoms with van der Waals surface area (Å²) in [4.78, 5) is 0.741. The van der Waals surface area contributed by atoms with Gasteiger partial charge < -0.3 is 4.90 Å². The van der Waals surface area contributed by atoms with Gasteiger partial charge >= 0.3 is 12.3 Å². The van der Waals surface area contributed by atoms with Crippen molar-refractivity contribution in [2.24, 2.45) is 0 Å². The third-order valence-corrected chi connectivity index (χ3v) is 1.28. The zero-order valence-electron chi connectivity index (χ0n) is 6.50. The predicted molar refractivity (Wildman–Crippen MR) is 33.2 cm³/mol. The maximum Gasteiger partial charge on any atom is 0.312 e. The highest BCUT2D eigenvalue weighted by Gasteiger charge is 2.40. The van der Waals surface area contributed by atoms with Crippen LogP contribution >= 0.6 is 0 Å². The molecule has 5 heteroatoms. The molecule has 0 heterocycles. The third-order valence-electron chi connectivity index (χ3n) is 1.28. The van der Waals surface area contributed by atoms with E-state index in [0.29, 0.717) is 0 Å². The van der Waals surface area contributed by atoms with Crippen molar-refractivity contribution in [1.29, 1.82) is 0 Å². The lowest BCUT2D eigenvalue weighted by molar-refractivity contribution is -0.859. The summed E-state index contributed by atoms with van der Waals surface area (Å²) in [5.41, 5.74) is 0. The Balaban J connectivity index is 3.73. The van der Waals surface area contributed by atoms with Gasteiger partial charge in [-0.25, -0.2) is 17.6 Å². The van der Waals surface area contributed by atoms with E-state index in [1.807, 2.05) is 0 Å². The molecular formula is C6H12F4N+. The van der Waals surface area contributed by atoms with E-state index in [4.69, 9.17) is 0 Å². The molecule has 1 nitrogen and oxygen atoms in total. The van der Waals surface area contributed by atoms with Crippen molar-refractivity contribution in [2.75, 3.05) is 20.6 Å². The third kappa shape index (κ3) is 4.19. The summed E-state index contributed by atoms with van der Waals surface area (Å²) in [5.74, 6) is -3.82. The number of hydrogen-bond donors (Lipinski definition) is 1. The molecule has 1 N–H and O–H groups in total. The maximum absolute atomic E-state index is 12.1. The van der Waals surface area contributed by atoms with E-state index < -0.39 is 18.8 Å². The highest BCUT2D eigenvalue weighted by Crippen LogP contribution is 2.25. The highest BCUT2D eigenvalue weighted by atomic mass is 19.3. The summed E-state index contributed by atoms with van der Waals surface area (Å²) in [7, 11) is 3.28. The van der Waals surface area contributed by atoms with Gasteiger partial charge in [-0.05, 0) is 0 Å². The smallest absolute Gasteiger partial charge is 0.312 e. The Hall–Kier alpha value is -0.320. The SMILES string of the molecule is C[NH+](C)CCC(F)(F)C(F)F. The molecule has 0 spiro atoms. The minimum atomic E-state index is -3.82. The minimum Gasteiger partial charge on any atom is -0.340 e. The van der Waals surface area contributed by atoms with Gasteiger partial charge in [-0.2, -0.15) is 0 Å². The Morgan fingerprint density at radius 2 is 1.73 bits per heavy atom. The summed E-state index contributed by atoms with van der Waals surface area (Å²) in [6.07, 6.45) is -4.30. The molecule has 0 saturated heterocycles. The predicted octanol–water partition coefficient (Wildman–Crippen LogP) is 0.421. The first-order valence-corrected chi connectivity index (χ1v) is 3.31. The van der Waals surface area contributed by atoms with Gasteiger partial charge in [0, 0.05) is 0 Å². The van der Waals surface area contributed by atoms with E-state index >= 15 is 0 Å². The number of halogens is 4. The quantitative estimate of drug-likeness (QED) is 0.589. The number of hydrogen-bond acceptors (Lipinski definition) is 0. The van der Waals surface area contributed by atoms with E-state index in [2.05, 4.69) is 0 Å². The van der Waals surface area contributed by atoms with Crippen molar-refractivity contribution in [3.63, 3.8) is 0 Å². The number of quaternary nitrogens is 1. The first-order valence-electron chi connectivity index (χ1n) is 3.31. The molecule has 0 aromatic carbocycles. The first kappa shape index (κ1) is 10.7. The monoisotopic (exact) mass is 174 g/mol. The number of rotatable bonds is 4. The van der Waals surface area contributed by atoms with Gasteiger partial charge in [0.05, 0.1) is 27.1 Å². The largest absolute Gasteiger partial charge is 0.340 e. The summed E-state index contributed by atoms with van der Waals surface area (Å²) in [6, 6.07) is 0. The summed E-state index contributed by atoms with van der Waals surface area (Å²) in [6.45, 7) is 0.0529. The van der Waals surface area contributed by atoms with Gasteiger partial charge in [-0.3, -0.25) is 0 Å². The summed E-state index contributed by atoms with van der Waals surface area (Å²) in [5, 5.41) is 0. The highest BCUT2D eigenvalue weighted by molar-refractivity contribution is 4.67. The zero-order valence-corrected chi connectivity index (χ0v) is 6.50. The van der Waals surface area contributed by atoms with E-state index in [1.54, 1.807) is 14.1 Å². The van der Waals surface area contributed by atoms with Crippen molar-refractivity contribution >= 4 is 0 Å². The molecule has 0 unspecified atom stereocenters. The van der Waals surface area contributed by atoms with Crippen LogP contribution in [0.4, 0.5) is 17.6 Å². The van der Waals surface area contributed by atoms with Gasteiger partial charge in [-0.15, -0.1) is 0 Å². The molecule has 0 amide bonds.